The molecule has 2 rings (SSSR count). The first-order valence-electron chi connectivity index (χ1n) is 5.79. The SMILES string of the molecule is Cc1cc(Br)ccc1NCc1cccc(C#N)c1F. The highest BCUT2D eigenvalue weighted by Gasteiger charge is 2.07. The third kappa shape index (κ3) is 3.12. The molecule has 0 aliphatic rings. The summed E-state index contributed by atoms with van der Waals surface area (Å²) in [6.45, 7) is 2.33. The summed E-state index contributed by atoms with van der Waals surface area (Å²) in [5.74, 6) is -0.452. The summed E-state index contributed by atoms with van der Waals surface area (Å²) >= 11 is 3.40. The van der Waals surface area contributed by atoms with Crippen LogP contribution in [0.1, 0.15) is 16.7 Å². The molecule has 0 aromatic heterocycles. The van der Waals surface area contributed by atoms with Crippen LogP contribution in [-0.2, 0) is 6.54 Å². The van der Waals surface area contributed by atoms with E-state index in [1.807, 2.05) is 31.2 Å². The lowest BCUT2D eigenvalue weighted by atomic mass is 10.1. The highest BCUT2D eigenvalue weighted by Crippen LogP contribution is 2.21. The molecule has 0 spiro atoms. The van der Waals surface area contributed by atoms with Crippen molar-refractivity contribution >= 4 is 21.6 Å². The average molecular weight is 319 g/mol. The van der Waals surface area contributed by atoms with Gasteiger partial charge < -0.3 is 5.32 Å². The molecule has 1 N–H and O–H groups in total. The topological polar surface area (TPSA) is 35.8 Å². The van der Waals surface area contributed by atoms with Crippen molar-refractivity contribution < 1.29 is 4.39 Å². The van der Waals surface area contributed by atoms with E-state index in [-0.39, 0.29) is 5.56 Å². The molecule has 0 saturated heterocycles. The quantitative estimate of drug-likeness (QED) is 0.911. The summed E-state index contributed by atoms with van der Waals surface area (Å²) in [4.78, 5) is 0. The number of halogens is 2. The predicted molar refractivity (Wildman–Crippen MR) is 77.3 cm³/mol. The minimum Gasteiger partial charge on any atom is -0.381 e. The fourth-order valence-electron chi connectivity index (χ4n) is 1.82. The highest BCUT2D eigenvalue weighted by molar-refractivity contribution is 9.10. The average Bonchev–Trinajstić information content (AvgIpc) is 2.39. The maximum Gasteiger partial charge on any atom is 0.145 e. The minimum atomic E-state index is -0.452. The molecule has 2 aromatic carbocycles. The summed E-state index contributed by atoms with van der Waals surface area (Å²) in [5, 5.41) is 12.0. The first-order chi connectivity index (χ1) is 9.11. The van der Waals surface area contributed by atoms with Crippen molar-refractivity contribution in [1.29, 1.82) is 5.26 Å². The summed E-state index contributed by atoms with van der Waals surface area (Å²) in [7, 11) is 0. The number of benzene rings is 2. The Balaban J connectivity index is 2.17. The van der Waals surface area contributed by atoms with Crippen LogP contribution in [0.5, 0.6) is 0 Å². The molecule has 96 valence electrons. The van der Waals surface area contributed by atoms with Gasteiger partial charge in [-0.3, -0.25) is 0 Å². The minimum absolute atomic E-state index is 0.0758. The lowest BCUT2D eigenvalue weighted by molar-refractivity contribution is 0.609. The Labute approximate surface area is 120 Å². The van der Waals surface area contributed by atoms with Crippen LogP contribution in [0, 0.1) is 24.1 Å². The molecule has 0 bridgehead atoms. The lowest BCUT2D eigenvalue weighted by Gasteiger charge is -2.11. The molecule has 0 atom stereocenters. The molecule has 4 heteroatoms. The van der Waals surface area contributed by atoms with Crippen molar-refractivity contribution in [2.24, 2.45) is 0 Å². The first kappa shape index (κ1) is 13.6. The molecule has 0 fully saturated rings. The maximum atomic E-state index is 13.9. The number of nitrogens with one attached hydrogen (secondary N) is 1. The van der Waals surface area contributed by atoms with E-state index < -0.39 is 5.82 Å². The van der Waals surface area contributed by atoms with Crippen LogP contribution < -0.4 is 5.32 Å². The third-order valence-electron chi connectivity index (χ3n) is 2.86. The van der Waals surface area contributed by atoms with Gasteiger partial charge in [-0.25, -0.2) is 4.39 Å². The van der Waals surface area contributed by atoms with Crippen molar-refractivity contribution in [2.45, 2.75) is 13.5 Å². The van der Waals surface area contributed by atoms with Gasteiger partial charge in [0.2, 0.25) is 0 Å². The van der Waals surface area contributed by atoms with E-state index in [2.05, 4.69) is 21.2 Å². The molecular weight excluding hydrogens is 307 g/mol. The number of rotatable bonds is 3. The molecule has 0 aliphatic heterocycles. The van der Waals surface area contributed by atoms with Gasteiger partial charge in [-0.1, -0.05) is 28.1 Å². The van der Waals surface area contributed by atoms with Crippen LogP contribution in [0.2, 0.25) is 0 Å². The predicted octanol–water partition coefficient (Wildman–Crippen LogP) is 4.38. The summed E-state index contributed by atoms with van der Waals surface area (Å²) < 4.78 is 14.9. The van der Waals surface area contributed by atoms with Crippen molar-refractivity contribution in [3.8, 4) is 6.07 Å². The molecule has 19 heavy (non-hydrogen) atoms. The lowest BCUT2D eigenvalue weighted by Crippen LogP contribution is -2.04. The van der Waals surface area contributed by atoms with Gasteiger partial charge in [0.05, 0.1) is 5.56 Å². The van der Waals surface area contributed by atoms with Crippen molar-refractivity contribution in [2.75, 3.05) is 5.32 Å². The molecule has 0 unspecified atom stereocenters. The molecule has 2 nitrogen and oxygen atoms in total. The van der Waals surface area contributed by atoms with Crippen LogP contribution >= 0.6 is 15.9 Å². The van der Waals surface area contributed by atoms with Crippen LogP contribution in [0.15, 0.2) is 40.9 Å². The van der Waals surface area contributed by atoms with Crippen molar-refractivity contribution in [3.05, 3.63) is 63.4 Å². The van der Waals surface area contributed by atoms with Gasteiger partial charge in [0.25, 0.3) is 0 Å². The largest absolute Gasteiger partial charge is 0.381 e. The molecular formula is C15H12BrFN2. The van der Waals surface area contributed by atoms with Gasteiger partial charge in [-0.2, -0.15) is 5.26 Å². The van der Waals surface area contributed by atoms with E-state index in [9.17, 15) is 4.39 Å². The second kappa shape index (κ2) is 5.85. The van der Waals surface area contributed by atoms with Crippen LogP contribution in [0.4, 0.5) is 10.1 Å². The van der Waals surface area contributed by atoms with Gasteiger partial charge in [-0.05, 0) is 36.8 Å². The zero-order valence-corrected chi connectivity index (χ0v) is 12.0. The van der Waals surface area contributed by atoms with E-state index in [1.165, 1.54) is 6.07 Å². The zero-order chi connectivity index (χ0) is 13.8. The third-order valence-corrected chi connectivity index (χ3v) is 3.35. The molecule has 0 heterocycles. The molecule has 0 radical (unpaired) electrons. The molecule has 0 saturated carbocycles. The second-order valence-electron chi connectivity index (χ2n) is 4.20. The summed E-state index contributed by atoms with van der Waals surface area (Å²) in [6, 6.07) is 12.5. The maximum absolute atomic E-state index is 13.9. The molecule has 2 aromatic rings. The summed E-state index contributed by atoms with van der Waals surface area (Å²) in [6.07, 6.45) is 0. The van der Waals surface area contributed by atoms with Crippen LogP contribution in [0.3, 0.4) is 0 Å². The number of hydrogen-bond acceptors (Lipinski definition) is 2. The zero-order valence-electron chi connectivity index (χ0n) is 10.4. The smallest absolute Gasteiger partial charge is 0.145 e. The Bertz CT molecular complexity index is 647. The van der Waals surface area contributed by atoms with Gasteiger partial charge >= 0.3 is 0 Å². The Morgan fingerprint density at radius 3 is 2.79 bits per heavy atom. The normalized spacial score (nSPS) is 10.0. The van der Waals surface area contributed by atoms with Gasteiger partial charge in [0.1, 0.15) is 11.9 Å². The Morgan fingerprint density at radius 1 is 1.32 bits per heavy atom. The van der Waals surface area contributed by atoms with Gasteiger partial charge in [0.15, 0.2) is 0 Å². The van der Waals surface area contributed by atoms with E-state index in [0.29, 0.717) is 12.1 Å². The number of anilines is 1. The van der Waals surface area contributed by atoms with Crippen molar-refractivity contribution in [3.63, 3.8) is 0 Å². The fourth-order valence-corrected chi connectivity index (χ4v) is 2.29. The Morgan fingerprint density at radius 2 is 2.11 bits per heavy atom. The number of nitriles is 1. The summed E-state index contributed by atoms with van der Waals surface area (Å²) in [5.41, 5.74) is 2.59. The van der Waals surface area contributed by atoms with Gasteiger partial charge in [0, 0.05) is 22.3 Å². The standard InChI is InChI=1S/C15H12BrFN2/c1-10-7-13(16)5-6-14(10)19-9-12-4-2-3-11(8-18)15(12)17/h2-7,19H,9H2,1H3. The van der Waals surface area contributed by atoms with E-state index >= 15 is 0 Å². The highest BCUT2D eigenvalue weighted by atomic mass is 79.9. The Kier molecular flexibility index (Phi) is 4.18. The fraction of sp³-hybridized carbons (Fsp3) is 0.133. The van der Waals surface area contributed by atoms with Gasteiger partial charge in [-0.15, -0.1) is 0 Å². The number of nitrogens with zero attached hydrogens (tertiary/aromatic N) is 1. The monoisotopic (exact) mass is 318 g/mol. The van der Waals surface area contributed by atoms with E-state index in [4.69, 9.17) is 5.26 Å². The molecule has 0 amide bonds. The first-order valence-corrected chi connectivity index (χ1v) is 6.58. The second-order valence-corrected chi connectivity index (χ2v) is 5.12. The van der Waals surface area contributed by atoms with Crippen LogP contribution in [0.25, 0.3) is 0 Å². The molecule has 0 aliphatic carbocycles. The van der Waals surface area contributed by atoms with Crippen molar-refractivity contribution in [1.82, 2.24) is 0 Å². The number of hydrogen-bond donors (Lipinski definition) is 1. The van der Waals surface area contributed by atoms with Crippen LogP contribution in [-0.4, -0.2) is 0 Å². The number of aryl methyl sites for hydroxylation is 1. The van der Waals surface area contributed by atoms with E-state index in [1.54, 1.807) is 12.1 Å². The van der Waals surface area contributed by atoms with E-state index in [0.717, 1.165) is 15.7 Å². The Hall–Kier alpha value is -1.86.